The Labute approximate surface area is 93.1 Å². The Morgan fingerprint density at radius 2 is 1.67 bits per heavy atom. The van der Waals surface area contributed by atoms with Gasteiger partial charge in [-0.15, -0.1) is 0 Å². The fourth-order valence-electron chi connectivity index (χ4n) is 1.89. The average molecular weight is 206 g/mol. The molecule has 0 fully saturated rings. The van der Waals surface area contributed by atoms with Crippen LogP contribution in [0.1, 0.15) is 51.5 Å². The first-order chi connectivity index (χ1) is 7.13. The molecule has 1 heteroatoms. The molecule has 84 valence electrons. The third kappa shape index (κ3) is 3.94. The lowest BCUT2D eigenvalue weighted by atomic mass is 9.89. The smallest absolute Gasteiger partial charge is 0.115 e. The van der Waals surface area contributed by atoms with Crippen molar-refractivity contribution in [1.29, 1.82) is 0 Å². The van der Waals surface area contributed by atoms with Crippen molar-refractivity contribution < 1.29 is 5.11 Å². The highest BCUT2D eigenvalue weighted by atomic mass is 16.3. The molecule has 0 bridgehead atoms. The lowest BCUT2D eigenvalue weighted by molar-refractivity contribution is 0.472. The van der Waals surface area contributed by atoms with E-state index in [4.69, 9.17) is 0 Å². The van der Waals surface area contributed by atoms with Crippen molar-refractivity contribution in [3.8, 4) is 5.75 Å². The number of rotatable bonds is 5. The van der Waals surface area contributed by atoms with Gasteiger partial charge in [-0.25, -0.2) is 0 Å². The Morgan fingerprint density at radius 3 is 2.13 bits per heavy atom. The zero-order valence-electron chi connectivity index (χ0n) is 10.0. The van der Waals surface area contributed by atoms with Crippen molar-refractivity contribution >= 4 is 0 Å². The summed E-state index contributed by atoms with van der Waals surface area (Å²) < 4.78 is 0. The number of phenols is 1. The highest BCUT2D eigenvalue weighted by molar-refractivity contribution is 5.28. The Bertz CT molecular complexity index is 274. The van der Waals surface area contributed by atoms with Crippen LogP contribution in [0.5, 0.6) is 5.75 Å². The summed E-state index contributed by atoms with van der Waals surface area (Å²) in [6.45, 7) is 6.77. The molecule has 0 aromatic heterocycles. The first-order valence-electron chi connectivity index (χ1n) is 5.92. The summed E-state index contributed by atoms with van der Waals surface area (Å²) >= 11 is 0. The van der Waals surface area contributed by atoms with Crippen LogP contribution in [0.15, 0.2) is 24.3 Å². The predicted octanol–water partition coefficient (Wildman–Crippen LogP) is 4.32. The van der Waals surface area contributed by atoms with E-state index in [0.29, 0.717) is 11.7 Å². The van der Waals surface area contributed by atoms with Crippen LogP contribution in [0.4, 0.5) is 0 Å². The second-order valence-electron chi connectivity index (χ2n) is 4.67. The van der Waals surface area contributed by atoms with E-state index < -0.39 is 0 Å². The van der Waals surface area contributed by atoms with E-state index in [1.54, 1.807) is 12.1 Å². The highest BCUT2D eigenvalue weighted by Crippen LogP contribution is 2.27. The molecule has 15 heavy (non-hydrogen) atoms. The molecule has 1 aromatic carbocycles. The summed E-state index contributed by atoms with van der Waals surface area (Å²) in [4.78, 5) is 0. The summed E-state index contributed by atoms with van der Waals surface area (Å²) in [6, 6.07) is 7.66. The van der Waals surface area contributed by atoms with E-state index in [2.05, 4.69) is 20.8 Å². The van der Waals surface area contributed by atoms with Gasteiger partial charge in [-0.2, -0.15) is 0 Å². The molecule has 1 aromatic rings. The molecule has 0 aliphatic heterocycles. The van der Waals surface area contributed by atoms with Crippen LogP contribution >= 0.6 is 0 Å². The normalized spacial score (nSPS) is 13.1. The lowest BCUT2D eigenvalue weighted by Gasteiger charge is -2.16. The van der Waals surface area contributed by atoms with E-state index in [1.807, 2.05) is 12.1 Å². The Morgan fingerprint density at radius 1 is 1.07 bits per heavy atom. The van der Waals surface area contributed by atoms with Gasteiger partial charge < -0.3 is 5.11 Å². The van der Waals surface area contributed by atoms with Gasteiger partial charge in [-0.3, -0.25) is 0 Å². The van der Waals surface area contributed by atoms with Crippen molar-refractivity contribution in [2.75, 3.05) is 0 Å². The van der Waals surface area contributed by atoms with Crippen LogP contribution in [0.2, 0.25) is 0 Å². The fraction of sp³-hybridized carbons (Fsp3) is 0.571. The number of hydrogen-bond acceptors (Lipinski definition) is 1. The van der Waals surface area contributed by atoms with E-state index in [-0.39, 0.29) is 0 Å². The summed E-state index contributed by atoms with van der Waals surface area (Å²) in [5.74, 6) is 1.78. The van der Waals surface area contributed by atoms with Crippen molar-refractivity contribution in [2.24, 2.45) is 5.92 Å². The Kier molecular flexibility index (Phi) is 4.67. The maximum Gasteiger partial charge on any atom is 0.115 e. The maximum absolute atomic E-state index is 9.23. The van der Waals surface area contributed by atoms with Gasteiger partial charge in [0.15, 0.2) is 0 Å². The second-order valence-corrected chi connectivity index (χ2v) is 4.67. The van der Waals surface area contributed by atoms with Crippen LogP contribution in [0.3, 0.4) is 0 Å². The third-order valence-electron chi connectivity index (χ3n) is 2.95. The van der Waals surface area contributed by atoms with Gasteiger partial charge >= 0.3 is 0 Å². The Hall–Kier alpha value is -0.980. The minimum Gasteiger partial charge on any atom is -0.508 e. The van der Waals surface area contributed by atoms with Crippen molar-refractivity contribution in [2.45, 2.75) is 46.0 Å². The van der Waals surface area contributed by atoms with E-state index in [0.717, 1.165) is 5.92 Å². The lowest BCUT2D eigenvalue weighted by Crippen LogP contribution is -1.99. The van der Waals surface area contributed by atoms with Crippen molar-refractivity contribution in [3.05, 3.63) is 29.8 Å². The standard InChI is InChI=1S/C14H22O/c1-4-12(6-5-11(2)3)13-7-9-14(15)10-8-13/h7-12,15H,4-6H2,1-3H3/t12-/m1/s1. The molecule has 0 saturated carbocycles. The second kappa shape index (κ2) is 5.79. The van der Waals surface area contributed by atoms with Crippen LogP contribution in [-0.2, 0) is 0 Å². The monoisotopic (exact) mass is 206 g/mol. The van der Waals surface area contributed by atoms with Gasteiger partial charge in [0.2, 0.25) is 0 Å². The Balaban J connectivity index is 2.61. The molecular formula is C14H22O. The molecular weight excluding hydrogens is 184 g/mol. The molecule has 0 amide bonds. The first-order valence-corrected chi connectivity index (χ1v) is 5.92. The number of aromatic hydroxyl groups is 1. The van der Waals surface area contributed by atoms with Gasteiger partial charge in [-0.05, 0) is 42.4 Å². The summed E-state index contributed by atoms with van der Waals surface area (Å²) in [6.07, 6.45) is 3.70. The average Bonchev–Trinajstić information content (AvgIpc) is 2.21. The molecule has 1 N–H and O–H groups in total. The third-order valence-corrected chi connectivity index (χ3v) is 2.95. The molecule has 0 unspecified atom stereocenters. The number of phenolic OH excluding ortho intramolecular Hbond substituents is 1. The van der Waals surface area contributed by atoms with Gasteiger partial charge in [-0.1, -0.05) is 39.3 Å². The van der Waals surface area contributed by atoms with Crippen molar-refractivity contribution in [1.82, 2.24) is 0 Å². The molecule has 1 atom stereocenters. The van der Waals surface area contributed by atoms with E-state index in [9.17, 15) is 5.11 Å². The molecule has 0 aliphatic rings. The molecule has 0 spiro atoms. The van der Waals surface area contributed by atoms with Crippen LogP contribution in [-0.4, -0.2) is 5.11 Å². The molecule has 0 aliphatic carbocycles. The molecule has 0 saturated heterocycles. The predicted molar refractivity (Wildman–Crippen MR) is 65.2 cm³/mol. The highest BCUT2D eigenvalue weighted by Gasteiger charge is 2.09. The molecule has 0 heterocycles. The topological polar surface area (TPSA) is 20.2 Å². The van der Waals surface area contributed by atoms with Gasteiger partial charge in [0.25, 0.3) is 0 Å². The summed E-state index contributed by atoms with van der Waals surface area (Å²) in [5, 5.41) is 9.23. The number of benzene rings is 1. The maximum atomic E-state index is 9.23. The minimum absolute atomic E-state index is 0.359. The first kappa shape index (κ1) is 12.1. The number of hydrogen-bond donors (Lipinski definition) is 1. The zero-order chi connectivity index (χ0) is 11.3. The molecule has 0 radical (unpaired) electrons. The van der Waals surface area contributed by atoms with Crippen LogP contribution < -0.4 is 0 Å². The van der Waals surface area contributed by atoms with E-state index in [1.165, 1.54) is 24.8 Å². The quantitative estimate of drug-likeness (QED) is 0.760. The van der Waals surface area contributed by atoms with E-state index >= 15 is 0 Å². The minimum atomic E-state index is 0.359. The summed E-state index contributed by atoms with van der Waals surface area (Å²) in [7, 11) is 0. The molecule has 1 rings (SSSR count). The zero-order valence-corrected chi connectivity index (χ0v) is 10.0. The van der Waals surface area contributed by atoms with Crippen molar-refractivity contribution in [3.63, 3.8) is 0 Å². The molecule has 1 nitrogen and oxygen atoms in total. The van der Waals surface area contributed by atoms with Gasteiger partial charge in [0.1, 0.15) is 5.75 Å². The largest absolute Gasteiger partial charge is 0.508 e. The van der Waals surface area contributed by atoms with Gasteiger partial charge in [0, 0.05) is 0 Å². The fourth-order valence-corrected chi connectivity index (χ4v) is 1.89. The van der Waals surface area contributed by atoms with Crippen LogP contribution in [0, 0.1) is 5.92 Å². The van der Waals surface area contributed by atoms with Gasteiger partial charge in [0.05, 0.1) is 0 Å². The SMILES string of the molecule is CC[C@H](CCC(C)C)c1ccc(O)cc1. The van der Waals surface area contributed by atoms with Crippen LogP contribution in [0.25, 0.3) is 0 Å². The summed E-state index contributed by atoms with van der Waals surface area (Å²) in [5.41, 5.74) is 1.36.